The third-order valence-corrected chi connectivity index (χ3v) is 4.74. The summed E-state index contributed by atoms with van der Waals surface area (Å²) >= 11 is 0. The fourth-order valence-electron chi connectivity index (χ4n) is 3.68. The predicted molar refractivity (Wildman–Crippen MR) is 92.4 cm³/mol. The van der Waals surface area contributed by atoms with Crippen molar-refractivity contribution in [3.63, 3.8) is 0 Å². The summed E-state index contributed by atoms with van der Waals surface area (Å²) in [5.41, 5.74) is 3.74. The topological polar surface area (TPSA) is 31.4 Å². The maximum absolute atomic E-state index is 4.77. The number of anilines is 1. The van der Waals surface area contributed by atoms with E-state index < -0.39 is 0 Å². The largest absolute Gasteiger partial charge is 0.369 e. The number of rotatable bonds is 4. The molecule has 22 heavy (non-hydrogen) atoms. The van der Waals surface area contributed by atoms with Gasteiger partial charge in [0.2, 0.25) is 0 Å². The van der Waals surface area contributed by atoms with Crippen LogP contribution in [0.1, 0.15) is 44.1 Å². The molecule has 2 saturated heterocycles. The molecule has 2 aliphatic heterocycles. The highest BCUT2D eigenvalue weighted by molar-refractivity contribution is 5.49. The Balaban J connectivity index is 1.67. The summed E-state index contributed by atoms with van der Waals surface area (Å²) in [6.07, 6.45) is 2.49. The number of hydrogen-bond donors (Lipinski definition) is 1. The van der Waals surface area contributed by atoms with Crippen LogP contribution in [-0.2, 0) is 0 Å². The van der Waals surface area contributed by atoms with Crippen LogP contribution in [0.15, 0.2) is 12.1 Å². The second kappa shape index (κ2) is 6.97. The maximum atomic E-state index is 4.77. The van der Waals surface area contributed by atoms with Gasteiger partial charge < -0.3 is 10.2 Å². The van der Waals surface area contributed by atoms with Gasteiger partial charge in [0.25, 0.3) is 0 Å². The van der Waals surface area contributed by atoms with Gasteiger partial charge in [-0.15, -0.1) is 0 Å². The molecule has 2 aliphatic rings. The second-order valence-corrected chi connectivity index (χ2v) is 7.22. The standard InChI is InChI=1S/C18H30N4/c1-14(2)13-21-7-9-22(10-8-21)16-11-15(3)20-18(12-16)17-5-4-6-19-17/h11-12,14,17,19H,4-10,13H2,1-3H3/t17-/m0/s1. The lowest BCUT2D eigenvalue weighted by atomic mass is 10.1. The third-order valence-electron chi connectivity index (χ3n) is 4.74. The Kier molecular flexibility index (Phi) is 4.99. The van der Waals surface area contributed by atoms with Crippen molar-refractivity contribution >= 4 is 5.69 Å². The number of pyridine rings is 1. The minimum Gasteiger partial charge on any atom is -0.369 e. The van der Waals surface area contributed by atoms with E-state index in [2.05, 4.69) is 48.0 Å². The molecule has 0 radical (unpaired) electrons. The molecule has 0 amide bonds. The summed E-state index contributed by atoms with van der Waals surface area (Å²) in [5.74, 6) is 0.759. The first-order valence-electron chi connectivity index (χ1n) is 8.81. The second-order valence-electron chi connectivity index (χ2n) is 7.22. The summed E-state index contributed by atoms with van der Waals surface area (Å²) in [6.45, 7) is 13.7. The van der Waals surface area contributed by atoms with Crippen molar-refractivity contribution in [1.29, 1.82) is 0 Å². The molecule has 3 rings (SSSR count). The molecule has 0 aliphatic carbocycles. The summed E-state index contributed by atoms with van der Waals surface area (Å²) < 4.78 is 0. The molecule has 4 heteroatoms. The van der Waals surface area contributed by atoms with E-state index in [-0.39, 0.29) is 0 Å². The van der Waals surface area contributed by atoms with Crippen LogP contribution in [0.2, 0.25) is 0 Å². The van der Waals surface area contributed by atoms with Crippen molar-refractivity contribution in [2.75, 3.05) is 44.2 Å². The highest BCUT2D eigenvalue weighted by Crippen LogP contribution is 2.26. The van der Waals surface area contributed by atoms with Gasteiger partial charge in [-0.2, -0.15) is 0 Å². The minimum absolute atomic E-state index is 0.459. The van der Waals surface area contributed by atoms with Crippen molar-refractivity contribution in [1.82, 2.24) is 15.2 Å². The highest BCUT2D eigenvalue weighted by atomic mass is 15.3. The zero-order chi connectivity index (χ0) is 15.5. The van der Waals surface area contributed by atoms with E-state index in [4.69, 9.17) is 4.98 Å². The average Bonchev–Trinajstić information content (AvgIpc) is 3.01. The fraction of sp³-hybridized carbons (Fsp3) is 0.722. The van der Waals surface area contributed by atoms with Gasteiger partial charge in [0.15, 0.2) is 0 Å². The van der Waals surface area contributed by atoms with Crippen molar-refractivity contribution in [2.24, 2.45) is 5.92 Å². The van der Waals surface area contributed by atoms with Crippen molar-refractivity contribution in [3.8, 4) is 0 Å². The van der Waals surface area contributed by atoms with Crippen molar-refractivity contribution in [3.05, 3.63) is 23.5 Å². The molecule has 2 fully saturated rings. The minimum atomic E-state index is 0.459. The van der Waals surface area contributed by atoms with E-state index in [0.717, 1.165) is 31.2 Å². The molecule has 0 spiro atoms. The van der Waals surface area contributed by atoms with Crippen LogP contribution in [0, 0.1) is 12.8 Å². The molecule has 1 aromatic heterocycles. The smallest absolute Gasteiger partial charge is 0.0596 e. The van der Waals surface area contributed by atoms with E-state index in [0.29, 0.717) is 6.04 Å². The highest BCUT2D eigenvalue weighted by Gasteiger charge is 2.21. The van der Waals surface area contributed by atoms with Crippen LogP contribution >= 0.6 is 0 Å². The molecule has 3 heterocycles. The fourth-order valence-corrected chi connectivity index (χ4v) is 3.68. The lowest BCUT2D eigenvalue weighted by Gasteiger charge is -2.37. The molecule has 0 aromatic carbocycles. The summed E-state index contributed by atoms with van der Waals surface area (Å²) in [4.78, 5) is 9.89. The average molecular weight is 302 g/mol. The quantitative estimate of drug-likeness (QED) is 0.926. The molecule has 1 atom stereocenters. The number of nitrogens with zero attached hydrogens (tertiary/aromatic N) is 3. The Morgan fingerprint density at radius 2 is 2.00 bits per heavy atom. The monoisotopic (exact) mass is 302 g/mol. The van der Waals surface area contributed by atoms with Gasteiger partial charge in [0.05, 0.1) is 5.69 Å². The summed E-state index contributed by atoms with van der Waals surface area (Å²) in [7, 11) is 0. The first kappa shape index (κ1) is 15.8. The molecule has 0 bridgehead atoms. The van der Waals surface area contributed by atoms with Gasteiger partial charge in [-0.05, 0) is 44.4 Å². The molecule has 1 N–H and O–H groups in total. The van der Waals surface area contributed by atoms with Gasteiger partial charge >= 0.3 is 0 Å². The van der Waals surface area contributed by atoms with Crippen LogP contribution in [0.4, 0.5) is 5.69 Å². The lowest BCUT2D eigenvalue weighted by Crippen LogP contribution is -2.47. The predicted octanol–water partition coefficient (Wildman–Crippen LogP) is 2.59. The molecule has 122 valence electrons. The maximum Gasteiger partial charge on any atom is 0.0596 e. The first-order chi connectivity index (χ1) is 10.6. The van der Waals surface area contributed by atoms with Gasteiger partial charge in [-0.1, -0.05) is 13.8 Å². The Labute approximate surface area is 134 Å². The zero-order valence-corrected chi connectivity index (χ0v) is 14.3. The first-order valence-corrected chi connectivity index (χ1v) is 8.81. The van der Waals surface area contributed by atoms with E-state index in [1.54, 1.807) is 0 Å². The van der Waals surface area contributed by atoms with Crippen LogP contribution < -0.4 is 10.2 Å². The van der Waals surface area contributed by atoms with Gasteiger partial charge in [0, 0.05) is 50.1 Å². The van der Waals surface area contributed by atoms with E-state index >= 15 is 0 Å². The van der Waals surface area contributed by atoms with Crippen molar-refractivity contribution in [2.45, 2.75) is 39.7 Å². The van der Waals surface area contributed by atoms with E-state index in [1.165, 1.54) is 43.9 Å². The molecular weight excluding hydrogens is 272 g/mol. The Hall–Kier alpha value is -1.13. The Morgan fingerprint density at radius 1 is 1.23 bits per heavy atom. The van der Waals surface area contributed by atoms with Gasteiger partial charge in [-0.25, -0.2) is 0 Å². The number of piperazine rings is 1. The molecule has 1 aromatic rings. The normalized spacial score (nSPS) is 23.5. The molecule has 4 nitrogen and oxygen atoms in total. The number of hydrogen-bond acceptors (Lipinski definition) is 4. The Bertz CT molecular complexity index is 486. The van der Waals surface area contributed by atoms with Crippen molar-refractivity contribution < 1.29 is 0 Å². The summed E-state index contributed by atoms with van der Waals surface area (Å²) in [6, 6.07) is 5.02. The lowest BCUT2D eigenvalue weighted by molar-refractivity contribution is 0.231. The SMILES string of the molecule is Cc1cc(N2CCN(CC(C)C)CC2)cc([C@@H]2CCCN2)n1. The zero-order valence-electron chi connectivity index (χ0n) is 14.3. The summed E-state index contributed by atoms with van der Waals surface area (Å²) in [5, 5.41) is 3.57. The van der Waals surface area contributed by atoms with Crippen LogP contribution in [0.5, 0.6) is 0 Å². The van der Waals surface area contributed by atoms with Crippen LogP contribution in [-0.4, -0.2) is 49.2 Å². The van der Waals surface area contributed by atoms with Gasteiger partial charge in [-0.3, -0.25) is 9.88 Å². The molecular formula is C18H30N4. The Morgan fingerprint density at radius 3 is 2.64 bits per heavy atom. The third kappa shape index (κ3) is 3.79. The van der Waals surface area contributed by atoms with Crippen LogP contribution in [0.3, 0.4) is 0 Å². The van der Waals surface area contributed by atoms with Gasteiger partial charge in [0.1, 0.15) is 0 Å². The molecule has 0 saturated carbocycles. The van der Waals surface area contributed by atoms with E-state index in [1.807, 2.05) is 0 Å². The molecule has 0 unspecified atom stereocenters. The number of nitrogens with one attached hydrogen (secondary N) is 1. The van der Waals surface area contributed by atoms with E-state index in [9.17, 15) is 0 Å². The number of aromatic nitrogens is 1. The van der Waals surface area contributed by atoms with Crippen LogP contribution in [0.25, 0.3) is 0 Å². The number of aryl methyl sites for hydroxylation is 1.